The van der Waals surface area contributed by atoms with Gasteiger partial charge in [-0.05, 0) is 18.2 Å². The average Bonchev–Trinajstić information content (AvgIpc) is 2.44. The Labute approximate surface area is 108 Å². The Morgan fingerprint density at radius 2 is 1.32 bits per heavy atom. The lowest BCUT2D eigenvalue weighted by Gasteiger charge is -2.09. The minimum atomic E-state index is -1.08. The number of carbonyl (C=O) groups is 1. The molecular weight excluding hydrogens is 244 g/mol. The summed E-state index contributed by atoms with van der Waals surface area (Å²) < 4.78 is 0. The van der Waals surface area contributed by atoms with E-state index in [2.05, 4.69) is 0 Å². The van der Waals surface area contributed by atoms with Gasteiger partial charge in [0, 0.05) is 21.5 Å². The first kappa shape index (κ1) is 11.3. The number of fused-ring (bicyclic) bond motifs is 2. The Morgan fingerprint density at radius 1 is 0.789 bits per heavy atom. The number of carboxylic acid groups (broad SMARTS) is 1. The van der Waals surface area contributed by atoms with Gasteiger partial charge >= 0.3 is 5.97 Å². The molecule has 0 saturated carbocycles. The Bertz CT molecular complexity index is 821. The molecule has 0 aromatic heterocycles. The van der Waals surface area contributed by atoms with E-state index in [1.807, 2.05) is 0 Å². The minimum absolute atomic E-state index is 0.0218. The van der Waals surface area contributed by atoms with Crippen LogP contribution in [-0.4, -0.2) is 21.3 Å². The summed E-state index contributed by atoms with van der Waals surface area (Å²) in [6.07, 6.45) is 0. The standard InChI is InChI=1S/C15H10O4/c16-13-9-3-1-2-4-10(9)14(17)12-7-8(15(18)19)5-6-11(12)13/h1-7,16-17H,(H,18,19). The summed E-state index contributed by atoms with van der Waals surface area (Å²) in [6, 6.07) is 11.2. The quantitative estimate of drug-likeness (QED) is 0.460. The van der Waals surface area contributed by atoms with Crippen molar-refractivity contribution in [2.24, 2.45) is 0 Å². The maximum atomic E-state index is 11.0. The van der Waals surface area contributed by atoms with Crippen LogP contribution in [0.25, 0.3) is 21.5 Å². The summed E-state index contributed by atoms with van der Waals surface area (Å²) in [6.45, 7) is 0. The first-order chi connectivity index (χ1) is 9.09. The maximum Gasteiger partial charge on any atom is 0.335 e. The van der Waals surface area contributed by atoms with Crippen LogP contribution in [-0.2, 0) is 0 Å². The molecule has 3 rings (SSSR count). The molecule has 0 aliphatic rings. The first-order valence-corrected chi connectivity index (χ1v) is 5.69. The van der Waals surface area contributed by atoms with Crippen LogP contribution < -0.4 is 0 Å². The van der Waals surface area contributed by atoms with Crippen LogP contribution in [0.15, 0.2) is 42.5 Å². The van der Waals surface area contributed by atoms with E-state index >= 15 is 0 Å². The normalized spacial score (nSPS) is 10.9. The van der Waals surface area contributed by atoms with Crippen LogP contribution >= 0.6 is 0 Å². The third kappa shape index (κ3) is 1.57. The smallest absolute Gasteiger partial charge is 0.335 e. The van der Waals surface area contributed by atoms with Crippen molar-refractivity contribution in [1.29, 1.82) is 0 Å². The molecular formula is C15H10O4. The molecule has 0 radical (unpaired) electrons. The number of phenols is 2. The zero-order valence-electron chi connectivity index (χ0n) is 9.79. The fourth-order valence-electron chi connectivity index (χ4n) is 2.27. The Hall–Kier alpha value is -2.75. The molecule has 0 bridgehead atoms. The monoisotopic (exact) mass is 254 g/mol. The highest BCUT2D eigenvalue weighted by Gasteiger charge is 2.14. The molecule has 0 spiro atoms. The third-order valence-electron chi connectivity index (χ3n) is 3.21. The fourth-order valence-corrected chi connectivity index (χ4v) is 2.27. The van der Waals surface area contributed by atoms with Crippen molar-refractivity contribution < 1.29 is 20.1 Å². The molecule has 0 saturated heterocycles. The summed E-state index contributed by atoms with van der Waals surface area (Å²) >= 11 is 0. The molecule has 0 heterocycles. The summed E-state index contributed by atoms with van der Waals surface area (Å²) in [7, 11) is 0. The zero-order valence-corrected chi connectivity index (χ0v) is 9.79. The van der Waals surface area contributed by atoms with E-state index in [4.69, 9.17) is 5.11 Å². The Kier molecular flexibility index (Phi) is 2.32. The van der Waals surface area contributed by atoms with Gasteiger partial charge in [0.25, 0.3) is 0 Å². The van der Waals surface area contributed by atoms with Gasteiger partial charge in [-0.3, -0.25) is 0 Å². The van der Waals surface area contributed by atoms with Crippen molar-refractivity contribution in [2.75, 3.05) is 0 Å². The van der Waals surface area contributed by atoms with Crippen LogP contribution in [0.2, 0.25) is 0 Å². The summed E-state index contributed by atoms with van der Waals surface area (Å²) in [5.41, 5.74) is 0.0671. The molecule has 0 atom stereocenters. The number of hydrogen-bond donors (Lipinski definition) is 3. The highest BCUT2D eigenvalue weighted by Crippen LogP contribution is 2.41. The van der Waals surface area contributed by atoms with E-state index in [1.54, 1.807) is 24.3 Å². The van der Waals surface area contributed by atoms with Crippen molar-refractivity contribution in [3.63, 3.8) is 0 Å². The Morgan fingerprint density at radius 3 is 1.89 bits per heavy atom. The number of hydrogen-bond acceptors (Lipinski definition) is 3. The van der Waals surface area contributed by atoms with E-state index in [-0.39, 0.29) is 17.1 Å². The number of aromatic carboxylic acids is 1. The summed E-state index contributed by atoms with van der Waals surface area (Å²) in [5.74, 6) is -1.05. The van der Waals surface area contributed by atoms with E-state index in [0.29, 0.717) is 21.5 Å². The van der Waals surface area contributed by atoms with Gasteiger partial charge in [0.2, 0.25) is 0 Å². The molecule has 0 unspecified atom stereocenters. The molecule has 19 heavy (non-hydrogen) atoms. The SMILES string of the molecule is O=C(O)c1ccc2c(O)c3ccccc3c(O)c2c1. The molecule has 3 aromatic rings. The molecule has 0 aliphatic carbocycles. The predicted molar refractivity (Wildman–Crippen MR) is 71.7 cm³/mol. The van der Waals surface area contributed by atoms with Crippen molar-refractivity contribution in [1.82, 2.24) is 0 Å². The molecule has 0 amide bonds. The highest BCUT2D eigenvalue weighted by atomic mass is 16.4. The van der Waals surface area contributed by atoms with Crippen molar-refractivity contribution in [3.8, 4) is 11.5 Å². The minimum Gasteiger partial charge on any atom is -0.507 e. The van der Waals surface area contributed by atoms with Gasteiger partial charge in [0.15, 0.2) is 0 Å². The van der Waals surface area contributed by atoms with Crippen LogP contribution in [0.5, 0.6) is 11.5 Å². The second-order valence-electron chi connectivity index (χ2n) is 4.31. The molecule has 4 nitrogen and oxygen atoms in total. The van der Waals surface area contributed by atoms with Gasteiger partial charge in [-0.2, -0.15) is 0 Å². The Balaban J connectivity index is 2.52. The van der Waals surface area contributed by atoms with Crippen LogP contribution in [0.4, 0.5) is 0 Å². The van der Waals surface area contributed by atoms with Gasteiger partial charge in [0.05, 0.1) is 5.56 Å². The first-order valence-electron chi connectivity index (χ1n) is 5.69. The third-order valence-corrected chi connectivity index (χ3v) is 3.21. The molecule has 0 fully saturated rings. The van der Waals surface area contributed by atoms with E-state index in [9.17, 15) is 15.0 Å². The van der Waals surface area contributed by atoms with Gasteiger partial charge in [-0.25, -0.2) is 4.79 Å². The van der Waals surface area contributed by atoms with Crippen LogP contribution in [0, 0.1) is 0 Å². The fraction of sp³-hybridized carbons (Fsp3) is 0. The van der Waals surface area contributed by atoms with Gasteiger partial charge in [0.1, 0.15) is 11.5 Å². The summed E-state index contributed by atoms with van der Waals surface area (Å²) in [5, 5.41) is 31.2. The molecule has 94 valence electrons. The molecule has 0 aliphatic heterocycles. The van der Waals surface area contributed by atoms with Crippen molar-refractivity contribution >= 4 is 27.5 Å². The van der Waals surface area contributed by atoms with Crippen LogP contribution in [0.3, 0.4) is 0 Å². The highest BCUT2D eigenvalue weighted by molar-refractivity contribution is 6.11. The summed E-state index contributed by atoms with van der Waals surface area (Å²) in [4.78, 5) is 11.0. The lowest BCUT2D eigenvalue weighted by Crippen LogP contribution is -1.95. The van der Waals surface area contributed by atoms with Crippen LogP contribution in [0.1, 0.15) is 10.4 Å². The van der Waals surface area contributed by atoms with Gasteiger partial charge in [-0.15, -0.1) is 0 Å². The molecule has 3 N–H and O–H groups in total. The van der Waals surface area contributed by atoms with E-state index < -0.39 is 5.97 Å². The predicted octanol–water partition coefficient (Wildman–Crippen LogP) is 3.10. The van der Waals surface area contributed by atoms with Gasteiger partial charge < -0.3 is 15.3 Å². The van der Waals surface area contributed by atoms with E-state index in [1.165, 1.54) is 18.2 Å². The number of aromatic hydroxyl groups is 2. The van der Waals surface area contributed by atoms with Gasteiger partial charge in [-0.1, -0.05) is 24.3 Å². The number of rotatable bonds is 1. The van der Waals surface area contributed by atoms with E-state index in [0.717, 1.165) is 0 Å². The maximum absolute atomic E-state index is 11.0. The molecule has 4 heteroatoms. The molecule has 3 aromatic carbocycles. The zero-order chi connectivity index (χ0) is 13.6. The lowest BCUT2D eigenvalue weighted by atomic mass is 9.99. The second kappa shape index (κ2) is 3.88. The second-order valence-corrected chi connectivity index (χ2v) is 4.31. The number of benzene rings is 3. The topological polar surface area (TPSA) is 77.8 Å². The van der Waals surface area contributed by atoms with Crippen molar-refractivity contribution in [3.05, 3.63) is 48.0 Å². The average molecular weight is 254 g/mol. The van der Waals surface area contributed by atoms with Crippen molar-refractivity contribution in [2.45, 2.75) is 0 Å². The lowest BCUT2D eigenvalue weighted by molar-refractivity contribution is 0.0697. The number of phenolic OH excluding ortho intramolecular Hbond substituents is 2. The number of carboxylic acids is 1. The largest absolute Gasteiger partial charge is 0.507 e.